The smallest absolute Gasteiger partial charge is 0.375 e. The highest BCUT2D eigenvalue weighted by atomic mass is 16.5. The first kappa shape index (κ1) is 15.9. The zero-order valence-corrected chi connectivity index (χ0v) is 11.3. The van der Waals surface area contributed by atoms with Crippen molar-refractivity contribution in [3.8, 4) is 0 Å². The van der Waals surface area contributed by atoms with Crippen LogP contribution >= 0.6 is 0 Å². The summed E-state index contributed by atoms with van der Waals surface area (Å²) in [5.41, 5.74) is 7.76. The number of guanidine groups is 1. The van der Waals surface area contributed by atoms with Crippen molar-refractivity contribution in [1.82, 2.24) is 10.5 Å². The summed E-state index contributed by atoms with van der Waals surface area (Å²) in [4.78, 5) is 30.8. The molecular weight excluding hydrogens is 268 g/mol. The van der Waals surface area contributed by atoms with Gasteiger partial charge < -0.3 is 15.2 Å². The Hall–Kier alpha value is -2.20. The molecule has 0 aromatic carbocycles. The van der Waals surface area contributed by atoms with Gasteiger partial charge >= 0.3 is 11.9 Å². The monoisotopic (exact) mass is 286 g/mol. The molecule has 0 saturated carbocycles. The number of rotatable bonds is 6. The fourth-order valence-electron chi connectivity index (χ4n) is 1.37. The van der Waals surface area contributed by atoms with Gasteiger partial charge in [-0.15, -0.1) is 0 Å². The van der Waals surface area contributed by atoms with Gasteiger partial charge in [-0.3, -0.25) is 5.84 Å². The summed E-state index contributed by atoms with van der Waals surface area (Å²) in [6.07, 6.45) is 0.353. The van der Waals surface area contributed by atoms with Crippen molar-refractivity contribution in [3.05, 3.63) is 0 Å². The Morgan fingerprint density at radius 3 is 2.75 bits per heavy atom. The molecule has 0 radical (unpaired) electrons. The average Bonchev–Trinajstić information content (AvgIpc) is 2.45. The molecule has 0 aromatic rings. The van der Waals surface area contributed by atoms with E-state index in [4.69, 9.17) is 16.3 Å². The SMILES string of the molecule is CCCCOC(=O)C1N=C(C(=O)OC)N=C(N)N1NN. The molecule has 1 atom stereocenters. The predicted molar refractivity (Wildman–Crippen MR) is 69.9 cm³/mol. The topological polar surface area (TPSA) is 145 Å². The average molecular weight is 286 g/mol. The first-order valence-corrected chi connectivity index (χ1v) is 5.97. The zero-order valence-electron chi connectivity index (χ0n) is 11.3. The number of nitrogens with zero attached hydrogens (tertiary/aromatic N) is 3. The molecule has 112 valence electrons. The van der Waals surface area contributed by atoms with Crippen LogP contribution in [0.2, 0.25) is 0 Å². The number of nitrogens with one attached hydrogen (secondary N) is 1. The Morgan fingerprint density at radius 1 is 1.50 bits per heavy atom. The lowest BCUT2D eigenvalue weighted by Crippen LogP contribution is -2.60. The van der Waals surface area contributed by atoms with Crippen LogP contribution in [-0.2, 0) is 19.1 Å². The number of aliphatic imine (C=N–C) groups is 2. The number of esters is 2. The molecule has 1 aliphatic heterocycles. The van der Waals surface area contributed by atoms with E-state index in [1.807, 2.05) is 6.92 Å². The lowest BCUT2D eigenvalue weighted by Gasteiger charge is -2.29. The van der Waals surface area contributed by atoms with E-state index in [1.54, 1.807) is 0 Å². The number of hydrogen-bond acceptors (Lipinski definition) is 10. The molecule has 1 rings (SSSR count). The Balaban J connectivity index is 2.89. The number of carbonyl (C=O) groups is 2. The molecule has 20 heavy (non-hydrogen) atoms. The summed E-state index contributed by atoms with van der Waals surface area (Å²) < 4.78 is 9.50. The number of hydrogen-bond donors (Lipinski definition) is 3. The number of unbranched alkanes of at least 4 members (excludes halogenated alkanes) is 1. The number of hydrazine groups is 2. The van der Waals surface area contributed by atoms with E-state index in [-0.39, 0.29) is 18.4 Å². The maximum absolute atomic E-state index is 11.9. The van der Waals surface area contributed by atoms with Crippen molar-refractivity contribution in [3.63, 3.8) is 0 Å². The van der Waals surface area contributed by atoms with Gasteiger partial charge in [0.05, 0.1) is 13.7 Å². The molecule has 1 aliphatic rings. The second-order valence-electron chi connectivity index (χ2n) is 3.81. The van der Waals surface area contributed by atoms with Crippen molar-refractivity contribution in [1.29, 1.82) is 0 Å². The van der Waals surface area contributed by atoms with Crippen LogP contribution in [0, 0.1) is 0 Å². The van der Waals surface area contributed by atoms with Crippen LogP contribution in [-0.4, -0.2) is 48.6 Å². The van der Waals surface area contributed by atoms with Crippen LogP contribution in [0.3, 0.4) is 0 Å². The third-order valence-electron chi connectivity index (χ3n) is 2.42. The van der Waals surface area contributed by atoms with E-state index in [9.17, 15) is 9.59 Å². The molecule has 1 unspecified atom stereocenters. The minimum atomic E-state index is -1.23. The molecule has 0 amide bonds. The van der Waals surface area contributed by atoms with Crippen molar-refractivity contribution in [2.45, 2.75) is 25.9 Å². The standard InChI is InChI=1S/C10H18N6O4/c1-3-4-5-20-9(18)7-13-6(8(17)19-2)14-10(11)16(7)15-12/h7,15H,3-5,12H2,1-2H3,(H2,11,13,14). The van der Waals surface area contributed by atoms with Crippen LogP contribution in [0.1, 0.15) is 19.8 Å². The van der Waals surface area contributed by atoms with Gasteiger partial charge in [-0.2, -0.15) is 10.5 Å². The van der Waals surface area contributed by atoms with Gasteiger partial charge in [0.25, 0.3) is 0 Å². The number of methoxy groups -OCH3 is 1. The largest absolute Gasteiger partial charge is 0.463 e. The Labute approximate surface area is 115 Å². The highest BCUT2D eigenvalue weighted by Gasteiger charge is 2.34. The first-order valence-electron chi connectivity index (χ1n) is 5.97. The molecule has 10 nitrogen and oxygen atoms in total. The Morgan fingerprint density at radius 2 is 2.20 bits per heavy atom. The summed E-state index contributed by atoms with van der Waals surface area (Å²) in [5, 5.41) is 0.987. The summed E-state index contributed by atoms with van der Waals surface area (Å²) in [6.45, 7) is 2.20. The quantitative estimate of drug-likeness (QED) is 0.225. The van der Waals surface area contributed by atoms with E-state index < -0.39 is 18.1 Å². The lowest BCUT2D eigenvalue weighted by molar-refractivity contribution is -0.149. The molecule has 0 aliphatic carbocycles. The molecule has 1 heterocycles. The normalized spacial score (nSPS) is 18.1. The van der Waals surface area contributed by atoms with E-state index in [0.717, 1.165) is 11.4 Å². The highest BCUT2D eigenvalue weighted by Crippen LogP contribution is 2.08. The number of ether oxygens (including phenoxy) is 2. The first-order chi connectivity index (χ1) is 9.54. The molecule has 0 spiro atoms. The zero-order chi connectivity index (χ0) is 15.1. The second-order valence-corrected chi connectivity index (χ2v) is 3.81. The summed E-state index contributed by atoms with van der Waals surface area (Å²) in [5.74, 6) is 3.23. The predicted octanol–water partition coefficient (Wildman–Crippen LogP) is -1.76. The molecule has 0 saturated heterocycles. The Kier molecular flexibility index (Phi) is 5.87. The van der Waals surface area contributed by atoms with Crippen molar-refractivity contribution >= 4 is 23.7 Å². The van der Waals surface area contributed by atoms with E-state index >= 15 is 0 Å². The maximum atomic E-state index is 11.9. The second kappa shape index (κ2) is 7.40. The molecular formula is C10H18N6O4. The number of amidine groups is 1. The fraction of sp³-hybridized carbons (Fsp3) is 0.600. The van der Waals surface area contributed by atoms with E-state index in [2.05, 4.69) is 20.3 Å². The Bertz CT molecular complexity index is 435. The van der Waals surface area contributed by atoms with Gasteiger partial charge in [0.1, 0.15) is 0 Å². The molecule has 0 fully saturated rings. The summed E-state index contributed by atoms with van der Waals surface area (Å²) in [6, 6.07) is 0. The molecule has 5 N–H and O–H groups in total. The minimum absolute atomic E-state index is 0.194. The number of nitrogens with two attached hydrogens (primary N) is 2. The van der Waals surface area contributed by atoms with Gasteiger partial charge in [-0.25, -0.2) is 19.6 Å². The highest BCUT2D eigenvalue weighted by molar-refractivity contribution is 6.38. The van der Waals surface area contributed by atoms with Crippen LogP contribution in [0.25, 0.3) is 0 Å². The van der Waals surface area contributed by atoms with Crippen LogP contribution < -0.4 is 17.1 Å². The van der Waals surface area contributed by atoms with Gasteiger partial charge in [0, 0.05) is 0 Å². The maximum Gasteiger partial charge on any atom is 0.375 e. The summed E-state index contributed by atoms with van der Waals surface area (Å²) >= 11 is 0. The van der Waals surface area contributed by atoms with E-state index in [0.29, 0.717) is 6.42 Å². The number of carbonyl (C=O) groups excluding carboxylic acids is 2. The third-order valence-corrected chi connectivity index (χ3v) is 2.42. The van der Waals surface area contributed by atoms with Crippen LogP contribution in [0.4, 0.5) is 0 Å². The molecule has 0 bridgehead atoms. The fourth-order valence-corrected chi connectivity index (χ4v) is 1.37. The minimum Gasteiger partial charge on any atom is -0.463 e. The van der Waals surface area contributed by atoms with Crippen molar-refractivity contribution in [2.24, 2.45) is 21.6 Å². The van der Waals surface area contributed by atoms with Crippen molar-refractivity contribution in [2.75, 3.05) is 13.7 Å². The van der Waals surface area contributed by atoms with Gasteiger partial charge in [-0.1, -0.05) is 13.3 Å². The van der Waals surface area contributed by atoms with Crippen molar-refractivity contribution < 1.29 is 19.1 Å². The molecule has 10 heteroatoms. The van der Waals surface area contributed by atoms with Gasteiger partial charge in [-0.05, 0) is 6.42 Å². The van der Waals surface area contributed by atoms with Gasteiger partial charge in [0.2, 0.25) is 18.0 Å². The lowest BCUT2D eigenvalue weighted by atomic mass is 10.3. The third kappa shape index (κ3) is 3.65. The molecule has 0 aromatic heterocycles. The van der Waals surface area contributed by atoms with Crippen LogP contribution in [0.5, 0.6) is 0 Å². The van der Waals surface area contributed by atoms with Crippen LogP contribution in [0.15, 0.2) is 9.98 Å². The summed E-state index contributed by atoms with van der Waals surface area (Å²) in [7, 11) is 1.17. The van der Waals surface area contributed by atoms with E-state index in [1.165, 1.54) is 7.11 Å². The van der Waals surface area contributed by atoms with Gasteiger partial charge in [0.15, 0.2) is 0 Å².